The third-order valence-electron chi connectivity index (χ3n) is 3.10. The summed E-state index contributed by atoms with van der Waals surface area (Å²) in [4.78, 5) is 13.8. The lowest BCUT2D eigenvalue weighted by Crippen LogP contribution is -2.52. The van der Waals surface area contributed by atoms with E-state index in [0.717, 1.165) is 11.3 Å². The van der Waals surface area contributed by atoms with E-state index in [1.54, 1.807) is 7.05 Å². The second-order valence-electron chi connectivity index (χ2n) is 4.91. The van der Waals surface area contributed by atoms with E-state index in [9.17, 15) is 4.79 Å². The third kappa shape index (κ3) is 3.52. The lowest BCUT2D eigenvalue weighted by molar-refractivity contribution is -0.127. The second kappa shape index (κ2) is 6.58. The van der Waals surface area contributed by atoms with Gasteiger partial charge in [0, 0.05) is 13.6 Å². The van der Waals surface area contributed by atoms with Gasteiger partial charge in [0.15, 0.2) is 11.2 Å². The van der Waals surface area contributed by atoms with Gasteiger partial charge in [0.05, 0.1) is 12.2 Å². The van der Waals surface area contributed by atoms with E-state index in [4.69, 9.17) is 17.0 Å². The molecule has 0 spiro atoms. The van der Waals surface area contributed by atoms with Crippen molar-refractivity contribution in [1.29, 1.82) is 0 Å². The van der Waals surface area contributed by atoms with Gasteiger partial charge in [-0.1, -0.05) is 24.3 Å². The first-order valence-electron chi connectivity index (χ1n) is 6.70. The second-order valence-corrected chi connectivity index (χ2v) is 5.30. The number of hydrogen-bond donors (Lipinski definition) is 2. The largest absolute Gasteiger partial charge is 0.477 e. The molecule has 0 bridgehead atoms. The van der Waals surface area contributed by atoms with Crippen LogP contribution >= 0.6 is 12.2 Å². The Hall–Kier alpha value is -2.08. The van der Waals surface area contributed by atoms with Gasteiger partial charge < -0.3 is 20.3 Å². The van der Waals surface area contributed by atoms with E-state index in [2.05, 4.69) is 17.2 Å². The molecule has 0 saturated heterocycles. The van der Waals surface area contributed by atoms with Gasteiger partial charge in [0.2, 0.25) is 0 Å². The maximum Gasteiger partial charge on any atom is 0.262 e. The van der Waals surface area contributed by atoms with Crippen LogP contribution in [0.5, 0.6) is 5.75 Å². The molecule has 1 aromatic rings. The van der Waals surface area contributed by atoms with Crippen molar-refractivity contribution in [3.8, 4) is 5.75 Å². The predicted octanol–water partition coefficient (Wildman–Crippen LogP) is 1.45. The first-order valence-corrected chi connectivity index (χ1v) is 7.10. The molecular weight excluding hydrogens is 286 g/mol. The van der Waals surface area contributed by atoms with E-state index >= 15 is 0 Å². The van der Waals surface area contributed by atoms with Crippen molar-refractivity contribution in [2.24, 2.45) is 0 Å². The highest BCUT2D eigenvalue weighted by Gasteiger charge is 2.31. The Kier molecular flexibility index (Phi) is 4.80. The highest BCUT2D eigenvalue weighted by molar-refractivity contribution is 7.80. The maximum absolute atomic E-state index is 11.9. The Morgan fingerprint density at radius 3 is 2.90 bits per heavy atom. The average Bonchev–Trinajstić information content (AvgIpc) is 2.50. The number of nitrogens with zero attached hydrogens (tertiary/aromatic N) is 1. The Balaban J connectivity index is 2.24. The summed E-state index contributed by atoms with van der Waals surface area (Å²) in [6.45, 7) is 6.74. The average molecular weight is 305 g/mol. The molecule has 1 aliphatic heterocycles. The van der Waals surface area contributed by atoms with Gasteiger partial charge in [0.25, 0.3) is 5.91 Å². The summed E-state index contributed by atoms with van der Waals surface area (Å²) < 4.78 is 5.73. The van der Waals surface area contributed by atoms with Crippen molar-refractivity contribution in [1.82, 2.24) is 10.6 Å². The Morgan fingerprint density at radius 2 is 2.24 bits per heavy atom. The molecule has 0 saturated carbocycles. The number of amides is 1. The molecule has 2 N–H and O–H groups in total. The first kappa shape index (κ1) is 15.3. The van der Waals surface area contributed by atoms with Gasteiger partial charge in [-0.2, -0.15) is 0 Å². The molecule has 0 aromatic heterocycles. The van der Waals surface area contributed by atoms with E-state index in [1.807, 2.05) is 36.1 Å². The molecule has 2 rings (SSSR count). The number of thiocarbonyl (C=S) groups is 1. The quantitative estimate of drug-likeness (QED) is 0.654. The summed E-state index contributed by atoms with van der Waals surface area (Å²) in [7, 11) is 1.59. The molecule has 112 valence electrons. The van der Waals surface area contributed by atoms with Crippen LogP contribution in [-0.2, 0) is 4.79 Å². The van der Waals surface area contributed by atoms with Gasteiger partial charge in [-0.3, -0.25) is 4.79 Å². The van der Waals surface area contributed by atoms with Crippen molar-refractivity contribution in [3.05, 3.63) is 36.4 Å². The molecule has 0 fully saturated rings. The number of likely N-dealkylation sites (N-methyl/N-ethyl adjacent to an activating group) is 1. The number of hydrogen-bond acceptors (Lipinski definition) is 3. The minimum atomic E-state index is -0.588. The molecule has 1 amide bonds. The minimum absolute atomic E-state index is 0.169. The van der Waals surface area contributed by atoms with Crippen molar-refractivity contribution in [2.75, 3.05) is 25.0 Å². The van der Waals surface area contributed by atoms with Gasteiger partial charge >= 0.3 is 0 Å². The molecule has 1 aromatic carbocycles. The number of fused-ring (bicyclic) bond motifs is 1. The summed E-state index contributed by atoms with van der Waals surface area (Å²) in [6.07, 6.45) is -0.588. The third-order valence-corrected chi connectivity index (χ3v) is 3.46. The fraction of sp³-hybridized carbons (Fsp3) is 0.333. The monoisotopic (exact) mass is 305 g/mol. The zero-order valence-electron chi connectivity index (χ0n) is 12.2. The smallest absolute Gasteiger partial charge is 0.262 e. The van der Waals surface area contributed by atoms with Gasteiger partial charge in [-0.15, -0.1) is 0 Å². The van der Waals surface area contributed by atoms with E-state index < -0.39 is 6.10 Å². The minimum Gasteiger partial charge on any atom is -0.477 e. The lowest BCUT2D eigenvalue weighted by atomic mass is 10.2. The van der Waals surface area contributed by atoms with Crippen molar-refractivity contribution in [3.63, 3.8) is 0 Å². The molecule has 0 unspecified atom stereocenters. The number of benzene rings is 1. The SMILES string of the molecule is C=C(C)CNC(=S)N1C[C@@H](C(=O)NC)Oc2ccccc21. The topological polar surface area (TPSA) is 53.6 Å². The van der Waals surface area contributed by atoms with Crippen LogP contribution in [0, 0.1) is 0 Å². The van der Waals surface area contributed by atoms with Crippen LogP contribution < -0.4 is 20.3 Å². The fourth-order valence-electron chi connectivity index (χ4n) is 2.05. The highest BCUT2D eigenvalue weighted by atomic mass is 32.1. The molecular formula is C15H19N3O2S. The molecule has 1 atom stereocenters. The molecule has 1 heterocycles. The molecule has 0 radical (unpaired) electrons. The zero-order valence-corrected chi connectivity index (χ0v) is 13.0. The highest BCUT2D eigenvalue weighted by Crippen LogP contribution is 2.33. The molecule has 0 aliphatic carbocycles. The maximum atomic E-state index is 11.9. The number of rotatable bonds is 3. The van der Waals surface area contributed by atoms with E-state index in [0.29, 0.717) is 24.0 Å². The standard InChI is InChI=1S/C15H19N3O2S/c1-10(2)8-17-15(21)18-9-13(14(19)16-3)20-12-7-5-4-6-11(12)18/h4-7,13H,1,8-9H2,2-3H3,(H,16,19)(H,17,21)/t13-/m0/s1. The van der Waals surface area contributed by atoms with Crippen LogP contribution in [0.1, 0.15) is 6.92 Å². The Bertz CT molecular complexity index is 574. The van der Waals surface area contributed by atoms with Gasteiger partial charge in [-0.25, -0.2) is 0 Å². The van der Waals surface area contributed by atoms with Gasteiger partial charge in [-0.05, 0) is 31.3 Å². The van der Waals surface area contributed by atoms with Crippen LogP contribution in [0.3, 0.4) is 0 Å². The number of carbonyl (C=O) groups is 1. The summed E-state index contributed by atoms with van der Waals surface area (Å²) in [5.74, 6) is 0.481. The summed E-state index contributed by atoms with van der Waals surface area (Å²) in [5, 5.41) is 6.31. The van der Waals surface area contributed by atoms with Crippen molar-refractivity contribution >= 4 is 28.9 Å². The number of nitrogens with one attached hydrogen (secondary N) is 2. The van der Waals surface area contributed by atoms with Crippen LogP contribution in [-0.4, -0.2) is 37.3 Å². The molecule has 5 nitrogen and oxygen atoms in total. The summed E-state index contributed by atoms with van der Waals surface area (Å²) in [6, 6.07) is 7.54. The van der Waals surface area contributed by atoms with E-state index in [-0.39, 0.29) is 5.91 Å². The molecule has 6 heteroatoms. The van der Waals surface area contributed by atoms with Crippen LogP contribution in [0.2, 0.25) is 0 Å². The predicted molar refractivity (Wildman–Crippen MR) is 87.7 cm³/mol. The van der Waals surface area contributed by atoms with Crippen LogP contribution in [0.4, 0.5) is 5.69 Å². The van der Waals surface area contributed by atoms with Crippen molar-refractivity contribution in [2.45, 2.75) is 13.0 Å². The molecule has 1 aliphatic rings. The van der Waals surface area contributed by atoms with Crippen LogP contribution in [0.25, 0.3) is 0 Å². The number of para-hydroxylation sites is 2. The normalized spacial score (nSPS) is 16.5. The summed E-state index contributed by atoms with van der Waals surface area (Å²) in [5.41, 5.74) is 1.85. The van der Waals surface area contributed by atoms with Crippen molar-refractivity contribution < 1.29 is 9.53 Å². The fourth-order valence-corrected chi connectivity index (χ4v) is 2.29. The van der Waals surface area contributed by atoms with Crippen LogP contribution in [0.15, 0.2) is 36.4 Å². The first-order chi connectivity index (χ1) is 10.0. The number of anilines is 1. The number of ether oxygens (including phenoxy) is 1. The van der Waals surface area contributed by atoms with E-state index in [1.165, 1.54) is 0 Å². The Morgan fingerprint density at radius 1 is 1.52 bits per heavy atom. The molecule has 21 heavy (non-hydrogen) atoms. The Labute approximate surface area is 130 Å². The zero-order chi connectivity index (χ0) is 15.4. The summed E-state index contributed by atoms with van der Waals surface area (Å²) >= 11 is 5.43. The number of carbonyl (C=O) groups excluding carboxylic acids is 1. The lowest BCUT2D eigenvalue weighted by Gasteiger charge is -2.35. The van der Waals surface area contributed by atoms with Gasteiger partial charge in [0.1, 0.15) is 5.75 Å².